The van der Waals surface area contributed by atoms with Crippen molar-refractivity contribution in [3.8, 4) is 0 Å². The molecule has 1 atom stereocenters. The van der Waals surface area contributed by atoms with E-state index in [0.717, 1.165) is 7.11 Å². The Morgan fingerprint density at radius 2 is 2.07 bits per heavy atom. The molecule has 0 bridgehead atoms. The van der Waals surface area contributed by atoms with Crippen LogP contribution in [-0.2, 0) is 10.8 Å². The van der Waals surface area contributed by atoms with E-state index < -0.39 is 6.11 Å². The molecule has 1 unspecified atom stereocenters. The molecular formula is C10H13F2NO. The lowest BCUT2D eigenvalue weighted by Crippen LogP contribution is -2.16. The van der Waals surface area contributed by atoms with Gasteiger partial charge in [0.25, 0.3) is 0 Å². The van der Waals surface area contributed by atoms with Crippen LogP contribution in [0.1, 0.15) is 24.1 Å². The molecule has 4 heteroatoms. The van der Waals surface area contributed by atoms with Crippen molar-refractivity contribution in [2.45, 2.75) is 19.1 Å². The standard InChI is InChI=1S/C10H13F2NO/c1-7(13)8-4-3-5-9(6-8)10(11,12)14-2/h3-7H,13H2,1-2H3. The Morgan fingerprint density at radius 3 is 2.57 bits per heavy atom. The maximum absolute atomic E-state index is 13.1. The highest BCUT2D eigenvalue weighted by Gasteiger charge is 2.31. The first-order valence-electron chi connectivity index (χ1n) is 4.26. The summed E-state index contributed by atoms with van der Waals surface area (Å²) in [5, 5.41) is 0. The lowest BCUT2D eigenvalue weighted by atomic mass is 10.1. The van der Waals surface area contributed by atoms with E-state index in [2.05, 4.69) is 4.74 Å². The van der Waals surface area contributed by atoms with Crippen LogP contribution in [0.3, 0.4) is 0 Å². The van der Waals surface area contributed by atoms with Crippen LogP contribution in [0.25, 0.3) is 0 Å². The van der Waals surface area contributed by atoms with Crippen molar-refractivity contribution < 1.29 is 13.5 Å². The Balaban J connectivity index is 3.05. The van der Waals surface area contributed by atoms with Gasteiger partial charge in [-0.1, -0.05) is 18.2 Å². The predicted octanol–water partition coefficient (Wildman–Crippen LogP) is 2.40. The van der Waals surface area contributed by atoms with Gasteiger partial charge in [-0.15, -0.1) is 0 Å². The third-order valence-corrected chi connectivity index (χ3v) is 2.00. The molecule has 2 nitrogen and oxygen atoms in total. The van der Waals surface area contributed by atoms with Gasteiger partial charge < -0.3 is 10.5 Å². The average molecular weight is 201 g/mol. The fraction of sp³-hybridized carbons (Fsp3) is 0.400. The van der Waals surface area contributed by atoms with Crippen LogP contribution in [0.2, 0.25) is 0 Å². The lowest BCUT2D eigenvalue weighted by molar-refractivity contribution is -0.231. The van der Waals surface area contributed by atoms with E-state index in [1.807, 2.05) is 0 Å². The van der Waals surface area contributed by atoms with Crippen LogP contribution < -0.4 is 5.73 Å². The van der Waals surface area contributed by atoms with E-state index >= 15 is 0 Å². The smallest absolute Gasteiger partial charge is 0.324 e. The molecule has 0 aliphatic carbocycles. The van der Waals surface area contributed by atoms with Gasteiger partial charge in [-0.25, -0.2) is 0 Å². The number of ether oxygens (including phenoxy) is 1. The van der Waals surface area contributed by atoms with Crippen molar-refractivity contribution in [3.05, 3.63) is 35.4 Å². The van der Waals surface area contributed by atoms with E-state index in [9.17, 15) is 8.78 Å². The van der Waals surface area contributed by atoms with Gasteiger partial charge in [0.05, 0.1) is 5.56 Å². The van der Waals surface area contributed by atoms with E-state index in [1.54, 1.807) is 19.1 Å². The van der Waals surface area contributed by atoms with Gasteiger partial charge >= 0.3 is 6.11 Å². The summed E-state index contributed by atoms with van der Waals surface area (Å²) in [6, 6.07) is 5.66. The summed E-state index contributed by atoms with van der Waals surface area (Å²) in [5.41, 5.74) is 6.08. The third-order valence-electron chi connectivity index (χ3n) is 2.00. The Hall–Kier alpha value is -1.00. The highest BCUT2D eigenvalue weighted by atomic mass is 19.3. The lowest BCUT2D eigenvalue weighted by Gasteiger charge is -2.15. The summed E-state index contributed by atoms with van der Waals surface area (Å²) in [5.74, 6) is 0. The summed E-state index contributed by atoms with van der Waals surface area (Å²) < 4.78 is 30.2. The zero-order valence-corrected chi connectivity index (χ0v) is 8.13. The Labute approximate surface area is 81.7 Å². The number of alkyl halides is 2. The summed E-state index contributed by atoms with van der Waals surface area (Å²) in [4.78, 5) is 0. The molecular weight excluding hydrogens is 188 g/mol. The van der Waals surface area contributed by atoms with E-state index in [-0.39, 0.29) is 11.6 Å². The number of nitrogens with two attached hydrogens (primary N) is 1. The molecule has 0 amide bonds. The molecule has 0 saturated carbocycles. The normalized spacial score (nSPS) is 14.1. The predicted molar refractivity (Wildman–Crippen MR) is 49.9 cm³/mol. The molecule has 0 heterocycles. The fourth-order valence-electron chi connectivity index (χ4n) is 1.12. The number of rotatable bonds is 3. The molecule has 0 aliphatic heterocycles. The van der Waals surface area contributed by atoms with Crippen LogP contribution in [0.5, 0.6) is 0 Å². The number of hydrogen-bond donors (Lipinski definition) is 1. The number of halogens is 2. The van der Waals surface area contributed by atoms with E-state index in [4.69, 9.17) is 5.73 Å². The van der Waals surface area contributed by atoms with Crippen LogP contribution in [0.15, 0.2) is 24.3 Å². The van der Waals surface area contributed by atoms with Gasteiger partial charge in [0, 0.05) is 13.2 Å². The molecule has 78 valence electrons. The molecule has 14 heavy (non-hydrogen) atoms. The SMILES string of the molecule is COC(F)(F)c1cccc(C(C)N)c1. The van der Waals surface area contributed by atoms with Crippen molar-refractivity contribution in [3.63, 3.8) is 0 Å². The van der Waals surface area contributed by atoms with Crippen LogP contribution in [0.4, 0.5) is 8.78 Å². The van der Waals surface area contributed by atoms with Crippen molar-refractivity contribution in [2.24, 2.45) is 5.73 Å². The fourth-order valence-corrected chi connectivity index (χ4v) is 1.12. The second kappa shape index (κ2) is 4.02. The Bertz CT molecular complexity index is 313. The highest BCUT2D eigenvalue weighted by molar-refractivity contribution is 5.27. The first-order valence-corrected chi connectivity index (χ1v) is 4.26. The minimum absolute atomic E-state index is 0.171. The third kappa shape index (κ3) is 2.27. The Kier molecular flexibility index (Phi) is 3.18. The van der Waals surface area contributed by atoms with Gasteiger partial charge in [0.2, 0.25) is 0 Å². The van der Waals surface area contributed by atoms with Crippen molar-refractivity contribution >= 4 is 0 Å². The topological polar surface area (TPSA) is 35.2 Å². The minimum atomic E-state index is -3.25. The molecule has 0 aliphatic rings. The van der Waals surface area contributed by atoms with Gasteiger partial charge in [0.1, 0.15) is 0 Å². The van der Waals surface area contributed by atoms with Crippen LogP contribution >= 0.6 is 0 Å². The maximum Gasteiger partial charge on any atom is 0.383 e. The molecule has 0 spiro atoms. The molecule has 0 saturated heterocycles. The Morgan fingerprint density at radius 1 is 1.43 bits per heavy atom. The summed E-state index contributed by atoms with van der Waals surface area (Å²) in [7, 11) is 0.971. The van der Waals surface area contributed by atoms with Gasteiger partial charge in [-0.3, -0.25) is 0 Å². The average Bonchev–Trinajstić information content (AvgIpc) is 2.18. The summed E-state index contributed by atoms with van der Waals surface area (Å²) in [6.07, 6.45) is -3.25. The van der Waals surface area contributed by atoms with Crippen molar-refractivity contribution in [2.75, 3.05) is 7.11 Å². The first kappa shape index (κ1) is 11.1. The van der Waals surface area contributed by atoms with E-state index in [0.29, 0.717) is 5.56 Å². The molecule has 0 radical (unpaired) electrons. The van der Waals surface area contributed by atoms with Crippen molar-refractivity contribution in [1.82, 2.24) is 0 Å². The van der Waals surface area contributed by atoms with Crippen molar-refractivity contribution in [1.29, 1.82) is 0 Å². The summed E-state index contributed by atoms with van der Waals surface area (Å²) >= 11 is 0. The molecule has 0 aromatic heterocycles. The molecule has 1 aromatic rings. The summed E-state index contributed by atoms with van der Waals surface area (Å²) in [6.45, 7) is 1.74. The largest absolute Gasteiger partial charge is 0.383 e. The van der Waals surface area contributed by atoms with Gasteiger partial charge in [-0.05, 0) is 18.6 Å². The molecule has 0 fully saturated rings. The molecule has 1 aromatic carbocycles. The second-order valence-corrected chi connectivity index (χ2v) is 3.14. The quantitative estimate of drug-likeness (QED) is 0.815. The van der Waals surface area contributed by atoms with Gasteiger partial charge in [0.15, 0.2) is 0 Å². The van der Waals surface area contributed by atoms with Crippen LogP contribution in [0, 0.1) is 0 Å². The van der Waals surface area contributed by atoms with E-state index in [1.165, 1.54) is 12.1 Å². The number of methoxy groups -OCH3 is 1. The monoisotopic (exact) mass is 201 g/mol. The minimum Gasteiger partial charge on any atom is -0.324 e. The number of hydrogen-bond acceptors (Lipinski definition) is 2. The molecule has 2 N–H and O–H groups in total. The maximum atomic E-state index is 13.1. The zero-order valence-electron chi connectivity index (χ0n) is 8.13. The zero-order chi connectivity index (χ0) is 10.8. The first-order chi connectivity index (χ1) is 6.47. The number of benzene rings is 1. The molecule has 1 rings (SSSR count). The highest BCUT2D eigenvalue weighted by Crippen LogP contribution is 2.29. The van der Waals surface area contributed by atoms with Gasteiger partial charge in [-0.2, -0.15) is 8.78 Å². The van der Waals surface area contributed by atoms with Crippen LogP contribution in [-0.4, -0.2) is 7.11 Å². The second-order valence-electron chi connectivity index (χ2n) is 3.14.